The molecule has 3 heterocycles. The van der Waals surface area contributed by atoms with Gasteiger partial charge in [0.05, 0.1) is 33.3 Å². The van der Waals surface area contributed by atoms with Crippen molar-refractivity contribution in [1.29, 1.82) is 0 Å². The van der Waals surface area contributed by atoms with Crippen molar-refractivity contribution in [3.05, 3.63) is 42.2 Å². The minimum absolute atomic E-state index is 0.0643. The van der Waals surface area contributed by atoms with Gasteiger partial charge < -0.3 is 39.4 Å². The average molecular weight is 736 g/mol. The van der Waals surface area contributed by atoms with Crippen LogP contribution in [-0.2, 0) is 39.3 Å². The van der Waals surface area contributed by atoms with Gasteiger partial charge in [-0.15, -0.1) is 0 Å². The molecule has 1 aliphatic rings. The number of anilines is 1. The van der Waals surface area contributed by atoms with Crippen LogP contribution in [0.3, 0.4) is 0 Å². The summed E-state index contributed by atoms with van der Waals surface area (Å²) in [6.07, 6.45) is -2.73. The lowest BCUT2D eigenvalue weighted by Gasteiger charge is -2.28. The summed E-state index contributed by atoms with van der Waals surface area (Å²) in [6, 6.07) is 7.83. The smallest absolute Gasteiger partial charge is 0.342 e. The Hall–Kier alpha value is -3.70. The predicted molar refractivity (Wildman–Crippen MR) is 186 cm³/mol. The maximum Gasteiger partial charge on any atom is 0.342 e. The first-order valence-electron chi connectivity index (χ1n) is 16.4. The molecule has 0 saturated carbocycles. The molecule has 51 heavy (non-hydrogen) atoms. The van der Waals surface area contributed by atoms with Crippen LogP contribution in [0.15, 0.2) is 36.7 Å². The fourth-order valence-corrected chi connectivity index (χ4v) is 6.61. The number of nitrogens with one attached hydrogen (secondary N) is 2. The zero-order valence-electron chi connectivity index (χ0n) is 30.3. The quantitative estimate of drug-likeness (QED) is 0.111. The molecule has 0 spiro atoms. The van der Waals surface area contributed by atoms with Crippen LogP contribution in [0.5, 0.6) is 5.88 Å². The second-order valence-corrected chi connectivity index (χ2v) is 17.0. The van der Waals surface area contributed by atoms with Crippen molar-refractivity contribution in [2.75, 3.05) is 39.2 Å². The Labute approximate surface area is 297 Å². The molecule has 6 N–H and O–H groups in total. The number of hydrogen-bond donors (Lipinski definition) is 5. The number of hydrogen-bond acceptors (Lipinski definition) is 14. The number of benzene rings is 1. The van der Waals surface area contributed by atoms with E-state index in [9.17, 15) is 24.4 Å². The molecule has 0 aliphatic carbocycles. The number of nitrogens with two attached hydrogens (primary N) is 1. The number of carbonyl (C=O) groups excluding carboxylic acids is 2. The molecule has 0 bridgehead atoms. The van der Waals surface area contributed by atoms with E-state index in [1.807, 2.05) is 47.6 Å². The highest BCUT2D eigenvalue weighted by Crippen LogP contribution is 2.44. The van der Waals surface area contributed by atoms with Crippen LogP contribution in [0.4, 0.5) is 5.95 Å². The van der Waals surface area contributed by atoms with E-state index in [4.69, 9.17) is 29.2 Å². The number of aliphatic hydroxyl groups excluding tert-OH is 1. The molecule has 17 nitrogen and oxygen atoms in total. The highest BCUT2D eigenvalue weighted by atomic mass is 31.2. The number of imidazole rings is 1. The number of methoxy groups -OCH3 is 1. The second kappa shape index (κ2) is 15.9. The number of aliphatic hydroxyl groups is 2. The fraction of sp³-hybridized carbons (Fsp3) is 0.606. The van der Waals surface area contributed by atoms with Crippen molar-refractivity contribution < 1.29 is 47.8 Å². The molecule has 1 fully saturated rings. The van der Waals surface area contributed by atoms with Crippen LogP contribution in [0.1, 0.15) is 60.3 Å². The van der Waals surface area contributed by atoms with E-state index in [-0.39, 0.29) is 53.5 Å². The molecular weight excluding hydrogens is 685 g/mol. The minimum atomic E-state index is -4.35. The first-order valence-corrected chi connectivity index (χ1v) is 18.1. The van der Waals surface area contributed by atoms with Gasteiger partial charge in [0.25, 0.3) is 0 Å². The topological polar surface area (TPSA) is 231 Å². The lowest BCUT2D eigenvalue weighted by atomic mass is 9.96. The van der Waals surface area contributed by atoms with E-state index < -0.39 is 62.8 Å². The number of fused-ring (bicyclic) bond motifs is 1. The van der Waals surface area contributed by atoms with Gasteiger partial charge in [0.2, 0.25) is 11.8 Å². The Morgan fingerprint density at radius 2 is 1.75 bits per heavy atom. The number of nitrogens with zero attached hydrogens (tertiary/aromatic N) is 4. The van der Waals surface area contributed by atoms with Gasteiger partial charge in [-0.1, -0.05) is 71.9 Å². The normalized spacial score (nSPS) is 22.7. The molecule has 18 heteroatoms. The van der Waals surface area contributed by atoms with Crippen molar-refractivity contribution in [2.45, 2.75) is 85.0 Å². The third-order valence-electron chi connectivity index (χ3n) is 7.67. The van der Waals surface area contributed by atoms with E-state index in [1.165, 1.54) is 24.9 Å². The number of carbonyl (C=O) groups is 2. The highest BCUT2D eigenvalue weighted by molar-refractivity contribution is 7.54. The molecule has 4 rings (SSSR count). The van der Waals surface area contributed by atoms with E-state index in [0.717, 1.165) is 5.56 Å². The van der Waals surface area contributed by atoms with Gasteiger partial charge in [-0.2, -0.15) is 9.97 Å². The Kier molecular flexibility index (Phi) is 12.5. The van der Waals surface area contributed by atoms with Gasteiger partial charge in [0.1, 0.15) is 30.4 Å². The van der Waals surface area contributed by atoms with Gasteiger partial charge >= 0.3 is 19.6 Å². The van der Waals surface area contributed by atoms with Crippen molar-refractivity contribution in [1.82, 2.24) is 29.7 Å². The zero-order valence-corrected chi connectivity index (χ0v) is 31.2. The lowest BCUT2D eigenvalue weighted by molar-refractivity contribution is -0.148. The number of esters is 2. The van der Waals surface area contributed by atoms with Crippen LogP contribution >= 0.6 is 7.67 Å². The molecule has 3 aromatic rings. The van der Waals surface area contributed by atoms with Crippen LogP contribution in [0.2, 0.25) is 0 Å². The summed E-state index contributed by atoms with van der Waals surface area (Å²) < 4.78 is 44.0. The third-order valence-corrected chi connectivity index (χ3v) is 9.40. The number of ether oxygens (including phenoxy) is 4. The van der Waals surface area contributed by atoms with Gasteiger partial charge in [-0.25, -0.2) is 15.2 Å². The molecule has 0 radical (unpaired) electrons. The van der Waals surface area contributed by atoms with Crippen LogP contribution < -0.4 is 20.6 Å². The number of rotatable bonds is 15. The first kappa shape index (κ1) is 40.1. The number of aromatic nitrogens is 4. The van der Waals surface area contributed by atoms with Gasteiger partial charge in [0.15, 0.2) is 17.4 Å². The van der Waals surface area contributed by atoms with Gasteiger partial charge in [0, 0.05) is 0 Å². The van der Waals surface area contributed by atoms with E-state index in [0.29, 0.717) is 0 Å². The van der Waals surface area contributed by atoms with Crippen molar-refractivity contribution in [2.24, 2.45) is 10.8 Å². The fourth-order valence-electron chi connectivity index (χ4n) is 5.05. The van der Waals surface area contributed by atoms with E-state index >= 15 is 0 Å². The monoisotopic (exact) mass is 735 g/mol. The van der Waals surface area contributed by atoms with Crippen LogP contribution in [-0.4, -0.2) is 99.0 Å². The summed E-state index contributed by atoms with van der Waals surface area (Å²) in [5, 5.41) is 28.0. The average Bonchev–Trinajstić information content (AvgIpc) is 3.56. The Morgan fingerprint density at radius 3 is 2.37 bits per heavy atom. The van der Waals surface area contributed by atoms with Crippen molar-refractivity contribution >= 4 is 36.7 Å². The first-order chi connectivity index (χ1) is 23.7. The summed E-state index contributed by atoms with van der Waals surface area (Å²) in [5.74, 6) is -1.43. The third kappa shape index (κ3) is 10.7. The maximum atomic E-state index is 14.5. The molecule has 2 aromatic heterocycles. The minimum Gasteiger partial charge on any atom is -0.479 e. The molecular formula is C33H50N7O10P. The summed E-state index contributed by atoms with van der Waals surface area (Å²) in [6.45, 7) is 11.8. The van der Waals surface area contributed by atoms with Crippen molar-refractivity contribution in [3.63, 3.8) is 0 Å². The molecule has 282 valence electrons. The predicted octanol–water partition coefficient (Wildman–Crippen LogP) is 2.52. The molecule has 1 aromatic carbocycles. The van der Waals surface area contributed by atoms with E-state index in [2.05, 4.69) is 25.1 Å². The number of nitrogen functional groups attached to an aromatic ring is 1. The SMILES string of the molecule is COc1nc(N)nc2c1ncn2[C@@H]1O[C@H](COP(=O)(NCC(=O)OCC(C)(C)C)N[C@@H](Cc2ccccc2)C(=O)OCC(C)(C)C)[C@@H](O)[C@@]1(C)O. The van der Waals surface area contributed by atoms with Gasteiger partial charge in [-0.05, 0) is 29.7 Å². The molecule has 1 aliphatic heterocycles. The second-order valence-electron chi connectivity index (χ2n) is 15.1. The Balaban J connectivity index is 1.59. The van der Waals surface area contributed by atoms with Crippen LogP contribution in [0, 0.1) is 10.8 Å². The molecule has 0 amide bonds. The summed E-state index contributed by atoms with van der Waals surface area (Å²) in [5.41, 5.74) is 4.38. The summed E-state index contributed by atoms with van der Waals surface area (Å²) in [4.78, 5) is 38.6. The maximum absolute atomic E-state index is 14.5. The van der Waals surface area contributed by atoms with E-state index in [1.54, 1.807) is 24.3 Å². The van der Waals surface area contributed by atoms with Gasteiger partial charge in [-0.3, -0.25) is 18.7 Å². The molecule has 6 atom stereocenters. The standard InChI is InChI=1S/C33H50N7O10P/c1-31(2,3)17-47-23(41)15-36-51(45,39-21(14-20-12-10-9-11-13-20)28(43)48-18-32(4,5)6)49-16-22-25(42)33(7,44)29(50-22)40-19-35-24-26(40)37-30(34)38-27(24)46-8/h9-13,19,21-22,25,29,42,44H,14-18H2,1-8H3,(H2,34,37,38)(H2,36,39,45)/t21-,22+,25+,29+,33+,51?/m0/s1. The van der Waals surface area contributed by atoms with Crippen molar-refractivity contribution in [3.8, 4) is 5.88 Å². The largest absolute Gasteiger partial charge is 0.479 e. The molecule has 1 saturated heterocycles. The lowest BCUT2D eigenvalue weighted by Crippen LogP contribution is -2.45. The Morgan fingerprint density at radius 1 is 1.10 bits per heavy atom. The summed E-state index contributed by atoms with van der Waals surface area (Å²) >= 11 is 0. The summed E-state index contributed by atoms with van der Waals surface area (Å²) in [7, 11) is -2.97. The zero-order chi connectivity index (χ0) is 37.8. The molecule has 1 unspecified atom stereocenters. The Bertz CT molecular complexity index is 1710. The van der Waals surface area contributed by atoms with Crippen LogP contribution in [0.25, 0.3) is 11.2 Å². The highest BCUT2D eigenvalue weighted by Gasteiger charge is 2.54.